The average Bonchev–Trinajstić information content (AvgIpc) is 2.63. The Kier molecular flexibility index (Phi) is 3.43. The van der Waals surface area contributed by atoms with Gasteiger partial charge in [-0.25, -0.2) is 0 Å². The zero-order valence-corrected chi connectivity index (χ0v) is 11.5. The van der Waals surface area contributed by atoms with E-state index in [0.29, 0.717) is 5.41 Å². The SMILES string of the molecule is Cn1cc(N2CCN(CC(C)(C)C)CC2)cn1. The van der Waals surface area contributed by atoms with Gasteiger partial charge in [-0.1, -0.05) is 20.8 Å². The van der Waals surface area contributed by atoms with Gasteiger partial charge in [0.2, 0.25) is 0 Å². The number of rotatable bonds is 2. The molecule has 1 aromatic rings. The van der Waals surface area contributed by atoms with E-state index in [1.807, 2.05) is 17.9 Å². The van der Waals surface area contributed by atoms with Crippen LogP contribution in [0.3, 0.4) is 0 Å². The van der Waals surface area contributed by atoms with Crippen molar-refractivity contribution in [3.63, 3.8) is 0 Å². The quantitative estimate of drug-likeness (QED) is 0.779. The van der Waals surface area contributed by atoms with Gasteiger partial charge in [0.15, 0.2) is 0 Å². The highest BCUT2D eigenvalue weighted by atomic mass is 15.3. The molecule has 0 atom stereocenters. The van der Waals surface area contributed by atoms with Crippen molar-refractivity contribution >= 4 is 5.69 Å². The molecule has 1 aliphatic rings. The topological polar surface area (TPSA) is 24.3 Å². The predicted molar refractivity (Wildman–Crippen MR) is 71.3 cm³/mol. The van der Waals surface area contributed by atoms with Crippen LogP contribution in [0.25, 0.3) is 0 Å². The summed E-state index contributed by atoms with van der Waals surface area (Å²) < 4.78 is 1.87. The summed E-state index contributed by atoms with van der Waals surface area (Å²) in [6.45, 7) is 12.7. The molecule has 1 fully saturated rings. The Morgan fingerprint density at radius 3 is 2.29 bits per heavy atom. The standard InChI is InChI=1S/C13H24N4/c1-13(2,3)11-16-5-7-17(8-6-16)12-9-14-15(4)10-12/h9-10H,5-8,11H2,1-4H3. The maximum atomic E-state index is 4.23. The van der Waals surface area contributed by atoms with Crippen LogP contribution in [0.15, 0.2) is 12.4 Å². The second kappa shape index (κ2) is 4.69. The molecular weight excluding hydrogens is 212 g/mol. The largest absolute Gasteiger partial charge is 0.366 e. The highest BCUT2D eigenvalue weighted by Gasteiger charge is 2.21. The van der Waals surface area contributed by atoms with E-state index in [-0.39, 0.29) is 0 Å². The number of hydrogen-bond acceptors (Lipinski definition) is 3. The summed E-state index contributed by atoms with van der Waals surface area (Å²) >= 11 is 0. The fourth-order valence-electron chi connectivity index (χ4n) is 2.41. The number of aromatic nitrogens is 2. The molecule has 0 radical (unpaired) electrons. The first-order chi connectivity index (χ1) is 7.94. The van der Waals surface area contributed by atoms with E-state index in [1.54, 1.807) is 0 Å². The number of nitrogens with zero attached hydrogens (tertiary/aromatic N) is 4. The highest BCUT2D eigenvalue weighted by Crippen LogP contribution is 2.19. The lowest BCUT2D eigenvalue weighted by atomic mass is 9.96. The van der Waals surface area contributed by atoms with Crippen molar-refractivity contribution < 1.29 is 0 Å². The van der Waals surface area contributed by atoms with Crippen molar-refractivity contribution in [2.75, 3.05) is 37.6 Å². The molecule has 2 heterocycles. The lowest BCUT2D eigenvalue weighted by molar-refractivity contribution is 0.182. The van der Waals surface area contributed by atoms with Crippen molar-refractivity contribution in [3.8, 4) is 0 Å². The molecule has 2 rings (SSSR count). The Morgan fingerprint density at radius 1 is 1.18 bits per heavy atom. The number of anilines is 1. The summed E-state index contributed by atoms with van der Waals surface area (Å²) in [5, 5.41) is 4.23. The molecule has 1 saturated heterocycles. The van der Waals surface area contributed by atoms with Gasteiger partial charge in [0.25, 0.3) is 0 Å². The lowest BCUT2D eigenvalue weighted by Gasteiger charge is -2.38. The summed E-state index contributed by atoms with van der Waals surface area (Å²) in [6, 6.07) is 0. The lowest BCUT2D eigenvalue weighted by Crippen LogP contribution is -2.48. The van der Waals surface area contributed by atoms with Crippen LogP contribution in [0.5, 0.6) is 0 Å². The van der Waals surface area contributed by atoms with Crippen LogP contribution in [0.4, 0.5) is 5.69 Å². The molecule has 1 aromatic heterocycles. The third-order valence-corrected chi connectivity index (χ3v) is 3.13. The van der Waals surface area contributed by atoms with E-state index in [2.05, 4.69) is 41.9 Å². The van der Waals surface area contributed by atoms with Gasteiger partial charge in [0.05, 0.1) is 11.9 Å². The van der Waals surface area contributed by atoms with Crippen molar-refractivity contribution in [1.29, 1.82) is 0 Å². The minimum absolute atomic E-state index is 0.399. The third-order valence-electron chi connectivity index (χ3n) is 3.13. The Labute approximate surface area is 104 Å². The molecule has 0 bridgehead atoms. The molecule has 4 nitrogen and oxygen atoms in total. The van der Waals surface area contributed by atoms with E-state index in [0.717, 1.165) is 26.2 Å². The molecular formula is C13H24N4. The first-order valence-corrected chi connectivity index (χ1v) is 6.40. The number of piperazine rings is 1. The van der Waals surface area contributed by atoms with Crippen molar-refractivity contribution in [2.24, 2.45) is 12.5 Å². The maximum Gasteiger partial charge on any atom is 0.0753 e. The molecule has 0 N–H and O–H groups in total. The molecule has 96 valence electrons. The van der Waals surface area contributed by atoms with Crippen LogP contribution in [0.2, 0.25) is 0 Å². The van der Waals surface area contributed by atoms with E-state index >= 15 is 0 Å². The maximum absolute atomic E-state index is 4.23. The highest BCUT2D eigenvalue weighted by molar-refractivity contribution is 5.42. The average molecular weight is 236 g/mol. The normalized spacial score (nSPS) is 18.7. The van der Waals surface area contributed by atoms with Crippen LogP contribution < -0.4 is 4.90 Å². The second-order valence-corrected chi connectivity index (χ2v) is 6.20. The molecule has 0 amide bonds. The zero-order chi connectivity index (χ0) is 12.5. The zero-order valence-electron chi connectivity index (χ0n) is 11.5. The van der Waals surface area contributed by atoms with Gasteiger partial charge in [0, 0.05) is 46.0 Å². The summed E-state index contributed by atoms with van der Waals surface area (Å²) in [4.78, 5) is 4.99. The summed E-state index contributed by atoms with van der Waals surface area (Å²) in [5.74, 6) is 0. The fourth-order valence-corrected chi connectivity index (χ4v) is 2.41. The Morgan fingerprint density at radius 2 is 1.82 bits per heavy atom. The van der Waals surface area contributed by atoms with Gasteiger partial charge in [-0.15, -0.1) is 0 Å². The van der Waals surface area contributed by atoms with Crippen molar-refractivity contribution in [3.05, 3.63) is 12.4 Å². The van der Waals surface area contributed by atoms with Gasteiger partial charge in [-0.2, -0.15) is 5.10 Å². The van der Waals surface area contributed by atoms with Crippen molar-refractivity contribution in [1.82, 2.24) is 14.7 Å². The molecule has 0 saturated carbocycles. The number of aryl methyl sites for hydroxylation is 1. The summed E-state index contributed by atoms with van der Waals surface area (Å²) in [6.07, 6.45) is 4.05. The molecule has 0 unspecified atom stereocenters. The molecule has 17 heavy (non-hydrogen) atoms. The number of hydrogen-bond donors (Lipinski definition) is 0. The van der Waals surface area contributed by atoms with E-state index in [1.165, 1.54) is 12.2 Å². The minimum Gasteiger partial charge on any atom is -0.366 e. The molecule has 0 spiro atoms. The van der Waals surface area contributed by atoms with Gasteiger partial charge >= 0.3 is 0 Å². The van der Waals surface area contributed by atoms with E-state index in [4.69, 9.17) is 0 Å². The monoisotopic (exact) mass is 236 g/mol. The van der Waals surface area contributed by atoms with Crippen LogP contribution >= 0.6 is 0 Å². The van der Waals surface area contributed by atoms with Crippen LogP contribution in [0, 0.1) is 5.41 Å². The first kappa shape index (κ1) is 12.4. The van der Waals surface area contributed by atoms with Crippen LogP contribution in [0.1, 0.15) is 20.8 Å². The van der Waals surface area contributed by atoms with Gasteiger partial charge in [0.1, 0.15) is 0 Å². The second-order valence-electron chi connectivity index (χ2n) is 6.20. The van der Waals surface area contributed by atoms with Crippen LogP contribution in [-0.2, 0) is 7.05 Å². The first-order valence-electron chi connectivity index (χ1n) is 6.40. The van der Waals surface area contributed by atoms with Crippen LogP contribution in [-0.4, -0.2) is 47.4 Å². The fraction of sp³-hybridized carbons (Fsp3) is 0.769. The van der Waals surface area contributed by atoms with Gasteiger partial charge in [-0.05, 0) is 5.41 Å². The molecule has 1 aliphatic heterocycles. The van der Waals surface area contributed by atoms with Gasteiger partial charge < -0.3 is 4.90 Å². The Bertz CT molecular complexity index is 356. The van der Waals surface area contributed by atoms with E-state index in [9.17, 15) is 0 Å². The van der Waals surface area contributed by atoms with E-state index < -0.39 is 0 Å². The molecule has 0 aliphatic carbocycles. The van der Waals surface area contributed by atoms with Gasteiger partial charge in [-0.3, -0.25) is 9.58 Å². The smallest absolute Gasteiger partial charge is 0.0753 e. The Hall–Kier alpha value is -1.03. The Balaban J connectivity index is 1.86. The molecule has 0 aromatic carbocycles. The minimum atomic E-state index is 0.399. The predicted octanol–water partition coefficient (Wildman–Crippen LogP) is 1.59. The third kappa shape index (κ3) is 3.46. The molecule has 4 heteroatoms. The summed E-state index contributed by atoms with van der Waals surface area (Å²) in [5.41, 5.74) is 1.65. The van der Waals surface area contributed by atoms with Crippen molar-refractivity contribution in [2.45, 2.75) is 20.8 Å². The summed E-state index contributed by atoms with van der Waals surface area (Å²) in [7, 11) is 1.97.